The topological polar surface area (TPSA) is 29.9 Å². The van der Waals surface area contributed by atoms with Gasteiger partial charge in [-0.15, -0.1) is 11.3 Å². The first kappa shape index (κ1) is 11.4. The van der Waals surface area contributed by atoms with Gasteiger partial charge in [0.2, 0.25) is 0 Å². The molecule has 0 radical (unpaired) electrons. The van der Waals surface area contributed by atoms with Crippen molar-refractivity contribution >= 4 is 27.3 Å². The molecule has 90 valence electrons. The Kier molecular flexibility index (Phi) is 3.31. The summed E-state index contributed by atoms with van der Waals surface area (Å²) in [7, 11) is 0. The van der Waals surface area contributed by atoms with Crippen molar-refractivity contribution in [3.63, 3.8) is 0 Å². The first-order valence-electron chi connectivity index (χ1n) is 5.78. The maximum absolute atomic E-state index is 4.24. The van der Waals surface area contributed by atoms with Gasteiger partial charge in [0.05, 0.1) is 22.4 Å². The van der Waals surface area contributed by atoms with E-state index >= 15 is 0 Å². The Morgan fingerprint density at radius 3 is 3.06 bits per heavy atom. The molecular formula is C12H14BrN3S. The van der Waals surface area contributed by atoms with Gasteiger partial charge < -0.3 is 9.88 Å². The van der Waals surface area contributed by atoms with Gasteiger partial charge in [-0.1, -0.05) is 0 Å². The van der Waals surface area contributed by atoms with Crippen LogP contribution in [0.3, 0.4) is 0 Å². The lowest BCUT2D eigenvalue weighted by atomic mass is 10.4. The normalized spacial score (nSPS) is 15.4. The summed E-state index contributed by atoms with van der Waals surface area (Å²) in [6.07, 6.45) is 6.52. The lowest BCUT2D eigenvalue weighted by molar-refractivity contribution is 0.636. The SMILES string of the molecule is Brc1ccc(Cn2cncc2CNC2CC2)s1. The first-order valence-corrected chi connectivity index (χ1v) is 7.39. The zero-order chi connectivity index (χ0) is 11.7. The van der Waals surface area contributed by atoms with Crippen LogP contribution in [0.15, 0.2) is 28.4 Å². The predicted octanol–water partition coefficient (Wildman–Crippen LogP) is 3.01. The van der Waals surface area contributed by atoms with Crippen molar-refractivity contribution in [3.05, 3.63) is 39.0 Å². The first-order chi connectivity index (χ1) is 8.31. The minimum atomic E-state index is 0.745. The van der Waals surface area contributed by atoms with Gasteiger partial charge in [-0.2, -0.15) is 0 Å². The van der Waals surface area contributed by atoms with Gasteiger partial charge in [0, 0.05) is 23.7 Å². The predicted molar refractivity (Wildman–Crippen MR) is 73.2 cm³/mol. The summed E-state index contributed by atoms with van der Waals surface area (Å²) >= 11 is 5.27. The number of nitrogens with one attached hydrogen (secondary N) is 1. The van der Waals surface area contributed by atoms with Crippen LogP contribution < -0.4 is 5.32 Å². The molecule has 0 atom stereocenters. The lowest BCUT2D eigenvalue weighted by Gasteiger charge is -2.07. The second kappa shape index (κ2) is 4.92. The van der Waals surface area contributed by atoms with E-state index in [-0.39, 0.29) is 0 Å². The van der Waals surface area contributed by atoms with Gasteiger partial charge in [-0.3, -0.25) is 0 Å². The number of rotatable bonds is 5. The van der Waals surface area contributed by atoms with Gasteiger partial charge in [-0.05, 0) is 40.9 Å². The highest BCUT2D eigenvalue weighted by Crippen LogP contribution is 2.23. The summed E-state index contributed by atoms with van der Waals surface area (Å²) in [5.41, 5.74) is 1.27. The number of thiophene rings is 1. The molecule has 1 N–H and O–H groups in total. The van der Waals surface area contributed by atoms with E-state index in [0.717, 1.165) is 19.1 Å². The van der Waals surface area contributed by atoms with E-state index in [4.69, 9.17) is 0 Å². The zero-order valence-electron chi connectivity index (χ0n) is 9.40. The maximum Gasteiger partial charge on any atom is 0.0952 e. The number of hydrogen-bond donors (Lipinski definition) is 1. The molecule has 0 bridgehead atoms. The molecule has 17 heavy (non-hydrogen) atoms. The smallest absolute Gasteiger partial charge is 0.0952 e. The number of nitrogens with zero attached hydrogens (tertiary/aromatic N) is 2. The Labute approximate surface area is 113 Å². The molecule has 2 aromatic rings. The van der Waals surface area contributed by atoms with Crippen LogP contribution in [0.2, 0.25) is 0 Å². The summed E-state index contributed by atoms with van der Waals surface area (Å²) < 4.78 is 3.40. The molecule has 2 heterocycles. The van der Waals surface area contributed by atoms with Crippen molar-refractivity contribution in [2.75, 3.05) is 0 Å². The number of aromatic nitrogens is 2. The van der Waals surface area contributed by atoms with Crippen molar-refractivity contribution < 1.29 is 0 Å². The number of imidazole rings is 1. The molecule has 5 heteroatoms. The second-order valence-electron chi connectivity index (χ2n) is 4.37. The molecule has 1 aliphatic rings. The summed E-state index contributed by atoms with van der Waals surface area (Å²) in [4.78, 5) is 5.59. The molecule has 0 saturated heterocycles. The Morgan fingerprint density at radius 2 is 2.35 bits per heavy atom. The van der Waals surface area contributed by atoms with E-state index in [9.17, 15) is 0 Å². The van der Waals surface area contributed by atoms with Gasteiger partial charge in [0.1, 0.15) is 0 Å². The summed E-state index contributed by atoms with van der Waals surface area (Å²) in [6, 6.07) is 5.00. The van der Waals surface area contributed by atoms with E-state index < -0.39 is 0 Å². The Hall–Kier alpha value is -0.650. The third kappa shape index (κ3) is 2.97. The van der Waals surface area contributed by atoms with Crippen molar-refractivity contribution in [2.45, 2.75) is 32.0 Å². The van der Waals surface area contributed by atoms with Crippen molar-refractivity contribution in [1.29, 1.82) is 0 Å². The average molecular weight is 312 g/mol. The maximum atomic E-state index is 4.24. The number of halogens is 1. The molecule has 1 saturated carbocycles. The quantitative estimate of drug-likeness (QED) is 0.920. The largest absolute Gasteiger partial charge is 0.328 e. The summed E-state index contributed by atoms with van der Waals surface area (Å²) in [5.74, 6) is 0. The molecule has 0 aliphatic heterocycles. The van der Waals surface area contributed by atoms with Crippen molar-refractivity contribution in [3.8, 4) is 0 Å². The molecule has 2 aromatic heterocycles. The fraction of sp³-hybridized carbons (Fsp3) is 0.417. The van der Waals surface area contributed by atoms with Gasteiger partial charge in [-0.25, -0.2) is 4.98 Å². The molecule has 3 rings (SSSR count). The second-order valence-corrected chi connectivity index (χ2v) is 6.92. The van der Waals surface area contributed by atoms with Crippen LogP contribution in [-0.2, 0) is 13.1 Å². The van der Waals surface area contributed by atoms with Crippen LogP contribution in [0.4, 0.5) is 0 Å². The van der Waals surface area contributed by atoms with Gasteiger partial charge in [0.15, 0.2) is 0 Å². The molecular weight excluding hydrogens is 298 g/mol. The third-order valence-corrected chi connectivity index (χ3v) is 4.51. The van der Waals surface area contributed by atoms with E-state index in [0.29, 0.717) is 0 Å². The van der Waals surface area contributed by atoms with Crippen LogP contribution in [0.1, 0.15) is 23.4 Å². The van der Waals surface area contributed by atoms with Crippen LogP contribution >= 0.6 is 27.3 Å². The average Bonchev–Trinajstić information content (AvgIpc) is 2.90. The fourth-order valence-corrected chi connectivity index (χ4v) is 3.26. The molecule has 0 amide bonds. The van der Waals surface area contributed by atoms with E-state index in [2.05, 4.69) is 42.9 Å². The third-order valence-electron chi connectivity index (χ3n) is 2.90. The highest BCUT2D eigenvalue weighted by Gasteiger charge is 2.20. The fourth-order valence-electron chi connectivity index (χ4n) is 1.78. The van der Waals surface area contributed by atoms with Crippen LogP contribution in [0.5, 0.6) is 0 Å². The van der Waals surface area contributed by atoms with E-state index in [1.54, 1.807) is 11.3 Å². The molecule has 0 unspecified atom stereocenters. The van der Waals surface area contributed by atoms with Gasteiger partial charge >= 0.3 is 0 Å². The van der Waals surface area contributed by atoms with Crippen LogP contribution in [0, 0.1) is 0 Å². The molecule has 1 fully saturated rings. The Bertz CT molecular complexity index is 501. The minimum Gasteiger partial charge on any atom is -0.328 e. The standard InChI is InChI=1S/C12H14BrN3S/c13-12-4-3-11(17-12)7-16-8-14-5-10(16)6-15-9-1-2-9/h3-5,8-9,15H,1-2,6-7H2. The summed E-state index contributed by atoms with van der Waals surface area (Å²) in [5, 5.41) is 3.52. The van der Waals surface area contributed by atoms with Crippen LogP contribution in [0.25, 0.3) is 0 Å². The van der Waals surface area contributed by atoms with Crippen molar-refractivity contribution in [1.82, 2.24) is 14.9 Å². The zero-order valence-corrected chi connectivity index (χ0v) is 11.8. The summed E-state index contributed by atoms with van der Waals surface area (Å²) in [6.45, 7) is 1.84. The number of hydrogen-bond acceptors (Lipinski definition) is 3. The van der Waals surface area contributed by atoms with Gasteiger partial charge in [0.25, 0.3) is 0 Å². The minimum absolute atomic E-state index is 0.745. The lowest BCUT2D eigenvalue weighted by Crippen LogP contribution is -2.18. The Morgan fingerprint density at radius 1 is 1.47 bits per heavy atom. The highest BCUT2D eigenvalue weighted by molar-refractivity contribution is 9.11. The monoisotopic (exact) mass is 311 g/mol. The molecule has 1 aliphatic carbocycles. The van der Waals surface area contributed by atoms with Crippen LogP contribution in [-0.4, -0.2) is 15.6 Å². The molecule has 3 nitrogen and oxygen atoms in total. The Balaban J connectivity index is 1.67. The highest BCUT2D eigenvalue weighted by atomic mass is 79.9. The molecule has 0 spiro atoms. The molecule has 0 aromatic carbocycles. The van der Waals surface area contributed by atoms with Crippen molar-refractivity contribution in [2.24, 2.45) is 0 Å². The van der Waals surface area contributed by atoms with E-state index in [1.165, 1.54) is 27.2 Å². The van der Waals surface area contributed by atoms with E-state index in [1.807, 2.05) is 12.5 Å².